The smallest absolute Gasteiger partial charge is 0.124 e. The molecule has 3 nitrogen and oxygen atoms in total. The number of aryl methyl sites for hydroxylation is 2. The number of ether oxygens (including phenoxy) is 1. The summed E-state index contributed by atoms with van der Waals surface area (Å²) >= 11 is 0. The van der Waals surface area contributed by atoms with Crippen LogP contribution in [-0.2, 0) is 0 Å². The van der Waals surface area contributed by atoms with Gasteiger partial charge in [-0.1, -0.05) is 38.2 Å². The Morgan fingerprint density at radius 1 is 1.10 bits per heavy atom. The Morgan fingerprint density at radius 2 is 1.71 bits per heavy atom. The highest BCUT2D eigenvalue weighted by Gasteiger charge is 2.26. The van der Waals surface area contributed by atoms with Crippen LogP contribution in [0, 0.1) is 19.8 Å². The molecule has 2 rings (SSSR count). The van der Waals surface area contributed by atoms with Gasteiger partial charge in [0.25, 0.3) is 0 Å². The van der Waals surface area contributed by atoms with E-state index < -0.39 is 0 Å². The number of hydrogen-bond acceptors (Lipinski definition) is 3. The molecule has 0 bridgehead atoms. The molecule has 118 valence electrons. The molecule has 1 saturated carbocycles. The van der Waals surface area contributed by atoms with E-state index in [-0.39, 0.29) is 6.04 Å². The summed E-state index contributed by atoms with van der Waals surface area (Å²) in [6.45, 7) is 4.28. The summed E-state index contributed by atoms with van der Waals surface area (Å²) in [6.07, 6.45) is 9.25. The van der Waals surface area contributed by atoms with Gasteiger partial charge in [-0.15, -0.1) is 0 Å². The zero-order valence-electron chi connectivity index (χ0n) is 13.7. The molecule has 3 N–H and O–H groups in total. The van der Waals surface area contributed by atoms with Crippen LogP contribution in [0.5, 0.6) is 5.75 Å². The van der Waals surface area contributed by atoms with Crippen LogP contribution in [0.3, 0.4) is 0 Å². The summed E-state index contributed by atoms with van der Waals surface area (Å²) in [4.78, 5) is 0. The zero-order chi connectivity index (χ0) is 15.2. The minimum Gasteiger partial charge on any atom is -0.496 e. The second-order valence-corrected chi connectivity index (χ2v) is 6.45. The lowest BCUT2D eigenvalue weighted by Crippen LogP contribution is -2.34. The number of nitrogens with two attached hydrogens (primary N) is 1. The minimum absolute atomic E-state index is 0.193. The Bertz CT molecular complexity index is 451. The maximum atomic E-state index is 5.95. The van der Waals surface area contributed by atoms with Crippen LogP contribution in [0.1, 0.15) is 67.7 Å². The maximum Gasteiger partial charge on any atom is 0.124 e. The molecule has 0 aromatic heterocycles. The van der Waals surface area contributed by atoms with Crippen molar-refractivity contribution in [2.24, 2.45) is 11.8 Å². The highest BCUT2D eigenvalue weighted by Crippen LogP contribution is 2.38. The first kappa shape index (κ1) is 16.3. The number of benzene rings is 1. The SMILES string of the molecule is COc1cc(C)cc(C)c1C(NN)C1CCCCCCC1. The molecular weight excluding hydrogens is 260 g/mol. The van der Waals surface area contributed by atoms with E-state index in [2.05, 4.69) is 31.4 Å². The van der Waals surface area contributed by atoms with Crippen molar-refractivity contribution in [3.8, 4) is 5.75 Å². The minimum atomic E-state index is 0.193. The van der Waals surface area contributed by atoms with Crippen molar-refractivity contribution in [2.45, 2.75) is 64.8 Å². The molecule has 0 heterocycles. The van der Waals surface area contributed by atoms with Gasteiger partial charge in [0.15, 0.2) is 0 Å². The fourth-order valence-corrected chi connectivity index (χ4v) is 3.78. The Hall–Kier alpha value is -1.06. The maximum absolute atomic E-state index is 5.95. The van der Waals surface area contributed by atoms with Gasteiger partial charge in [0.1, 0.15) is 5.75 Å². The molecule has 21 heavy (non-hydrogen) atoms. The molecular formula is C18H30N2O. The van der Waals surface area contributed by atoms with E-state index >= 15 is 0 Å². The van der Waals surface area contributed by atoms with E-state index in [1.165, 1.54) is 61.6 Å². The molecule has 1 atom stereocenters. The third-order valence-corrected chi connectivity index (χ3v) is 4.82. The van der Waals surface area contributed by atoms with E-state index in [0.717, 1.165) is 5.75 Å². The molecule has 0 saturated heterocycles. The predicted molar refractivity (Wildman–Crippen MR) is 88.3 cm³/mol. The molecule has 3 heteroatoms. The van der Waals surface area contributed by atoms with Gasteiger partial charge in [-0.05, 0) is 49.8 Å². The van der Waals surface area contributed by atoms with Gasteiger partial charge in [-0.25, -0.2) is 0 Å². The molecule has 1 aliphatic carbocycles. The highest BCUT2D eigenvalue weighted by molar-refractivity contribution is 5.45. The van der Waals surface area contributed by atoms with Crippen molar-refractivity contribution in [3.05, 3.63) is 28.8 Å². The molecule has 1 unspecified atom stereocenters. The topological polar surface area (TPSA) is 47.3 Å². The summed E-state index contributed by atoms with van der Waals surface area (Å²) in [5.74, 6) is 7.52. The van der Waals surface area contributed by atoms with Gasteiger partial charge in [0, 0.05) is 5.56 Å². The van der Waals surface area contributed by atoms with Gasteiger partial charge < -0.3 is 4.74 Å². The summed E-state index contributed by atoms with van der Waals surface area (Å²) in [6, 6.07) is 4.54. The second kappa shape index (κ2) is 7.81. The van der Waals surface area contributed by atoms with Crippen LogP contribution in [0.2, 0.25) is 0 Å². The molecule has 0 aliphatic heterocycles. The number of hydrazine groups is 1. The van der Waals surface area contributed by atoms with E-state index in [1.807, 2.05) is 0 Å². The standard InChI is InChI=1S/C18H30N2O/c1-13-11-14(2)17(16(12-13)21-3)18(20-19)15-9-7-5-4-6-8-10-15/h11-12,15,18,20H,4-10,19H2,1-3H3. The van der Waals surface area contributed by atoms with Crippen molar-refractivity contribution in [1.82, 2.24) is 5.43 Å². The molecule has 0 amide bonds. The van der Waals surface area contributed by atoms with Crippen LogP contribution in [0.25, 0.3) is 0 Å². The molecule has 1 aliphatic rings. The molecule has 1 aromatic carbocycles. The number of nitrogens with one attached hydrogen (secondary N) is 1. The van der Waals surface area contributed by atoms with Crippen molar-refractivity contribution >= 4 is 0 Å². The van der Waals surface area contributed by atoms with Crippen LogP contribution < -0.4 is 16.0 Å². The quantitative estimate of drug-likeness (QED) is 0.646. The average molecular weight is 290 g/mol. The van der Waals surface area contributed by atoms with E-state index in [1.54, 1.807) is 7.11 Å². The monoisotopic (exact) mass is 290 g/mol. The fraction of sp³-hybridized carbons (Fsp3) is 0.667. The van der Waals surface area contributed by atoms with Gasteiger partial charge in [-0.3, -0.25) is 11.3 Å². The first-order valence-corrected chi connectivity index (χ1v) is 8.28. The first-order chi connectivity index (χ1) is 10.2. The second-order valence-electron chi connectivity index (χ2n) is 6.45. The Kier molecular flexibility index (Phi) is 6.07. The van der Waals surface area contributed by atoms with Crippen molar-refractivity contribution < 1.29 is 4.74 Å². The Labute approximate surface area is 129 Å². The normalized spacial score (nSPS) is 18.9. The lowest BCUT2D eigenvalue weighted by atomic mass is 9.81. The van der Waals surface area contributed by atoms with Crippen molar-refractivity contribution in [3.63, 3.8) is 0 Å². The van der Waals surface area contributed by atoms with Crippen LogP contribution in [0.15, 0.2) is 12.1 Å². The Balaban J connectivity index is 2.31. The lowest BCUT2D eigenvalue weighted by molar-refractivity contribution is 0.282. The third kappa shape index (κ3) is 3.98. The predicted octanol–water partition coefficient (Wildman–Crippen LogP) is 4.18. The molecule has 0 radical (unpaired) electrons. The van der Waals surface area contributed by atoms with Gasteiger partial charge in [-0.2, -0.15) is 0 Å². The molecule has 0 spiro atoms. The van der Waals surface area contributed by atoms with E-state index in [9.17, 15) is 0 Å². The summed E-state index contributed by atoms with van der Waals surface area (Å²) in [5, 5.41) is 0. The molecule has 1 aromatic rings. The van der Waals surface area contributed by atoms with Crippen LogP contribution in [-0.4, -0.2) is 7.11 Å². The van der Waals surface area contributed by atoms with Crippen molar-refractivity contribution in [1.29, 1.82) is 0 Å². The average Bonchev–Trinajstić information content (AvgIpc) is 2.42. The van der Waals surface area contributed by atoms with E-state index in [0.29, 0.717) is 5.92 Å². The first-order valence-electron chi connectivity index (χ1n) is 8.28. The fourth-order valence-electron chi connectivity index (χ4n) is 3.78. The lowest BCUT2D eigenvalue weighted by Gasteiger charge is -2.31. The largest absolute Gasteiger partial charge is 0.496 e. The highest BCUT2D eigenvalue weighted by atomic mass is 16.5. The number of methoxy groups -OCH3 is 1. The summed E-state index contributed by atoms with van der Waals surface area (Å²) in [5.41, 5.74) is 6.85. The number of rotatable bonds is 4. The van der Waals surface area contributed by atoms with Gasteiger partial charge >= 0.3 is 0 Å². The van der Waals surface area contributed by atoms with Crippen molar-refractivity contribution in [2.75, 3.05) is 7.11 Å². The molecule has 1 fully saturated rings. The Morgan fingerprint density at radius 3 is 2.29 bits per heavy atom. The van der Waals surface area contributed by atoms with Gasteiger partial charge in [0.05, 0.1) is 13.2 Å². The summed E-state index contributed by atoms with van der Waals surface area (Å²) < 4.78 is 5.64. The summed E-state index contributed by atoms with van der Waals surface area (Å²) in [7, 11) is 1.75. The van der Waals surface area contributed by atoms with Crippen LogP contribution >= 0.6 is 0 Å². The zero-order valence-corrected chi connectivity index (χ0v) is 13.7. The van der Waals surface area contributed by atoms with Crippen LogP contribution in [0.4, 0.5) is 0 Å². The third-order valence-electron chi connectivity index (χ3n) is 4.82. The van der Waals surface area contributed by atoms with Gasteiger partial charge in [0.2, 0.25) is 0 Å². The number of hydrogen-bond donors (Lipinski definition) is 2. The van der Waals surface area contributed by atoms with E-state index in [4.69, 9.17) is 10.6 Å².